The SMILES string of the molecule is CC1(C)c2cc3c(cc2C2C=CC=CC21)c1ccccc1n3-c1ccc2c(c1)sc1cccc(-c3ccc4c(c3)oc3ccccc34)c12. The molecule has 0 fully saturated rings. The fourth-order valence-corrected chi connectivity index (χ4v) is 10.2. The standard InChI is InChI=1S/C45H31NOS/c1-45(2)36-14-6-3-10-29(36)34-24-35-30-11-4-7-15-38(30)46(39(35)25-37(34)45)27-19-21-33-43(23-27)48-42-17-9-13-28(44(33)42)26-18-20-32-31-12-5-8-16-40(31)47-41(32)22-26/h3-25,29,36H,1-2H3. The van der Waals surface area contributed by atoms with E-state index in [4.69, 9.17) is 4.42 Å². The van der Waals surface area contributed by atoms with Crippen LogP contribution in [0.5, 0.6) is 0 Å². The van der Waals surface area contributed by atoms with Crippen molar-refractivity contribution in [3.8, 4) is 16.8 Å². The van der Waals surface area contributed by atoms with Crippen LogP contribution in [0.1, 0.15) is 30.9 Å². The molecule has 228 valence electrons. The minimum atomic E-state index is 0.0634. The summed E-state index contributed by atoms with van der Waals surface area (Å²) in [5.74, 6) is 0.920. The molecule has 0 saturated heterocycles. The summed E-state index contributed by atoms with van der Waals surface area (Å²) in [6.45, 7) is 4.84. The van der Waals surface area contributed by atoms with E-state index in [1.807, 2.05) is 23.5 Å². The van der Waals surface area contributed by atoms with Crippen LogP contribution in [0.4, 0.5) is 0 Å². The lowest BCUT2D eigenvalue weighted by molar-refractivity contribution is 0.394. The van der Waals surface area contributed by atoms with Gasteiger partial charge in [-0.05, 0) is 88.2 Å². The first-order valence-corrected chi connectivity index (χ1v) is 17.7. The van der Waals surface area contributed by atoms with E-state index in [9.17, 15) is 0 Å². The summed E-state index contributed by atoms with van der Waals surface area (Å²) in [5, 5.41) is 7.58. The second-order valence-corrected chi connectivity index (χ2v) is 15.2. The molecule has 11 rings (SSSR count). The number of nitrogens with zero attached hydrogens (tertiary/aromatic N) is 1. The van der Waals surface area contributed by atoms with Crippen LogP contribution < -0.4 is 0 Å². The minimum absolute atomic E-state index is 0.0634. The number of hydrogen-bond donors (Lipinski definition) is 0. The van der Waals surface area contributed by atoms with Gasteiger partial charge in [-0.1, -0.05) is 98.8 Å². The number of hydrogen-bond acceptors (Lipinski definition) is 2. The van der Waals surface area contributed by atoms with Gasteiger partial charge < -0.3 is 8.98 Å². The van der Waals surface area contributed by atoms with E-state index < -0.39 is 0 Å². The topological polar surface area (TPSA) is 18.1 Å². The van der Waals surface area contributed by atoms with Crippen LogP contribution in [0, 0.1) is 5.92 Å². The van der Waals surface area contributed by atoms with Gasteiger partial charge in [-0.25, -0.2) is 0 Å². The third-order valence-electron chi connectivity index (χ3n) is 11.3. The quantitative estimate of drug-likeness (QED) is 0.185. The van der Waals surface area contributed by atoms with Crippen molar-refractivity contribution in [2.24, 2.45) is 5.92 Å². The Morgan fingerprint density at radius 1 is 0.625 bits per heavy atom. The first-order chi connectivity index (χ1) is 23.5. The third kappa shape index (κ3) is 3.47. The van der Waals surface area contributed by atoms with Gasteiger partial charge in [0.05, 0.1) is 11.0 Å². The van der Waals surface area contributed by atoms with Gasteiger partial charge in [0.25, 0.3) is 0 Å². The number of allylic oxidation sites excluding steroid dienone is 4. The molecule has 2 aliphatic rings. The van der Waals surface area contributed by atoms with E-state index in [0.717, 1.165) is 21.9 Å². The van der Waals surface area contributed by atoms with E-state index in [1.165, 1.54) is 69.9 Å². The maximum atomic E-state index is 6.28. The molecule has 0 spiro atoms. The van der Waals surface area contributed by atoms with Crippen LogP contribution in [0.25, 0.3) is 80.7 Å². The van der Waals surface area contributed by atoms with E-state index in [-0.39, 0.29) is 5.41 Å². The number of fused-ring (bicyclic) bond motifs is 12. The Morgan fingerprint density at radius 2 is 1.44 bits per heavy atom. The van der Waals surface area contributed by atoms with Gasteiger partial charge >= 0.3 is 0 Å². The molecule has 9 aromatic rings. The van der Waals surface area contributed by atoms with E-state index in [2.05, 4.69) is 146 Å². The largest absolute Gasteiger partial charge is 0.456 e. The number of furan rings is 1. The molecule has 0 N–H and O–H groups in total. The van der Waals surface area contributed by atoms with Crippen molar-refractivity contribution in [2.45, 2.75) is 25.2 Å². The van der Waals surface area contributed by atoms with Crippen molar-refractivity contribution in [2.75, 3.05) is 0 Å². The second-order valence-electron chi connectivity index (χ2n) is 14.1. The van der Waals surface area contributed by atoms with Gasteiger partial charge in [-0.15, -0.1) is 11.3 Å². The van der Waals surface area contributed by atoms with Crippen molar-refractivity contribution >= 4 is 75.3 Å². The molecule has 2 atom stereocenters. The average molecular weight is 634 g/mol. The average Bonchev–Trinajstić information content (AvgIpc) is 3.84. The molecule has 0 bridgehead atoms. The highest BCUT2D eigenvalue weighted by molar-refractivity contribution is 7.26. The highest BCUT2D eigenvalue weighted by Crippen LogP contribution is 2.54. The van der Waals surface area contributed by atoms with Crippen molar-refractivity contribution in [3.63, 3.8) is 0 Å². The summed E-state index contributed by atoms with van der Waals surface area (Å²) >= 11 is 1.88. The van der Waals surface area contributed by atoms with Crippen LogP contribution in [-0.4, -0.2) is 4.57 Å². The van der Waals surface area contributed by atoms with Gasteiger partial charge in [0.15, 0.2) is 0 Å². The molecule has 0 aliphatic heterocycles. The molecular weight excluding hydrogens is 603 g/mol. The molecule has 48 heavy (non-hydrogen) atoms. The predicted octanol–water partition coefficient (Wildman–Crippen LogP) is 12.8. The molecule has 0 saturated carbocycles. The van der Waals surface area contributed by atoms with Crippen LogP contribution in [0.3, 0.4) is 0 Å². The Balaban J connectivity index is 1.11. The fourth-order valence-electron chi connectivity index (χ4n) is 9.00. The second kappa shape index (κ2) is 9.37. The van der Waals surface area contributed by atoms with Gasteiger partial charge in [0.1, 0.15) is 11.2 Å². The molecule has 0 radical (unpaired) electrons. The van der Waals surface area contributed by atoms with Gasteiger partial charge in [-0.3, -0.25) is 0 Å². The van der Waals surface area contributed by atoms with E-state index >= 15 is 0 Å². The molecular formula is C45H31NOS. The maximum Gasteiger partial charge on any atom is 0.136 e. The van der Waals surface area contributed by atoms with Crippen LogP contribution in [0.2, 0.25) is 0 Å². The highest BCUT2D eigenvalue weighted by Gasteiger charge is 2.44. The lowest BCUT2D eigenvalue weighted by Gasteiger charge is -2.29. The lowest BCUT2D eigenvalue weighted by atomic mass is 9.74. The number of rotatable bonds is 2. The number of para-hydroxylation sites is 2. The lowest BCUT2D eigenvalue weighted by Crippen LogP contribution is -2.24. The highest BCUT2D eigenvalue weighted by atomic mass is 32.1. The zero-order valence-electron chi connectivity index (χ0n) is 26.7. The van der Waals surface area contributed by atoms with Gasteiger partial charge in [0.2, 0.25) is 0 Å². The van der Waals surface area contributed by atoms with Gasteiger partial charge in [-0.2, -0.15) is 0 Å². The Morgan fingerprint density at radius 3 is 2.38 bits per heavy atom. The summed E-state index contributed by atoms with van der Waals surface area (Å²) in [5.41, 5.74) is 11.1. The number of aromatic nitrogens is 1. The Bertz CT molecular complexity index is 2890. The van der Waals surface area contributed by atoms with E-state index in [0.29, 0.717) is 11.8 Å². The molecule has 2 aliphatic carbocycles. The Hall–Kier alpha value is -5.38. The summed E-state index contributed by atoms with van der Waals surface area (Å²) in [7, 11) is 0. The first-order valence-electron chi connectivity index (χ1n) is 16.8. The number of benzene rings is 6. The maximum absolute atomic E-state index is 6.28. The van der Waals surface area contributed by atoms with Crippen molar-refractivity contribution in [1.82, 2.24) is 4.57 Å². The van der Waals surface area contributed by atoms with Crippen molar-refractivity contribution in [1.29, 1.82) is 0 Å². The summed E-state index contributed by atoms with van der Waals surface area (Å²) < 4.78 is 11.4. The van der Waals surface area contributed by atoms with Crippen LogP contribution >= 0.6 is 11.3 Å². The normalized spacial score (nSPS) is 18.2. The van der Waals surface area contributed by atoms with Crippen LogP contribution in [0.15, 0.2) is 144 Å². The minimum Gasteiger partial charge on any atom is -0.456 e. The smallest absolute Gasteiger partial charge is 0.136 e. The zero-order valence-corrected chi connectivity index (χ0v) is 27.5. The van der Waals surface area contributed by atoms with Gasteiger partial charge in [0, 0.05) is 53.3 Å². The first kappa shape index (κ1) is 26.7. The number of thiophene rings is 1. The molecule has 6 aromatic carbocycles. The summed E-state index contributed by atoms with van der Waals surface area (Å²) in [4.78, 5) is 0. The zero-order chi connectivity index (χ0) is 31.7. The van der Waals surface area contributed by atoms with E-state index in [1.54, 1.807) is 0 Å². The molecule has 3 heterocycles. The summed E-state index contributed by atoms with van der Waals surface area (Å²) in [6, 6.07) is 42.7. The van der Waals surface area contributed by atoms with Crippen molar-refractivity contribution < 1.29 is 4.42 Å². The van der Waals surface area contributed by atoms with Crippen molar-refractivity contribution in [3.05, 3.63) is 151 Å². The molecule has 0 amide bonds. The molecule has 3 heteroatoms. The monoisotopic (exact) mass is 633 g/mol. The molecule has 2 unspecified atom stereocenters. The molecule has 3 aromatic heterocycles. The summed E-state index contributed by atoms with van der Waals surface area (Å²) in [6.07, 6.45) is 9.27. The Labute approximate surface area is 281 Å². The van der Waals surface area contributed by atoms with Crippen LogP contribution in [-0.2, 0) is 5.41 Å². The molecule has 2 nitrogen and oxygen atoms in total. The fraction of sp³-hybridized carbons (Fsp3) is 0.111. The Kier molecular flexibility index (Phi) is 5.20. The predicted molar refractivity (Wildman–Crippen MR) is 204 cm³/mol. The third-order valence-corrected chi connectivity index (χ3v) is 12.4.